The molecule has 0 atom stereocenters. The Balaban J connectivity index is 1.57. The highest BCUT2D eigenvalue weighted by molar-refractivity contribution is 7.92. The Morgan fingerprint density at radius 1 is 1.08 bits per heavy atom. The van der Waals surface area contributed by atoms with Crippen molar-refractivity contribution in [3.8, 4) is 0 Å². The van der Waals surface area contributed by atoms with E-state index in [2.05, 4.69) is 14.6 Å². The summed E-state index contributed by atoms with van der Waals surface area (Å²) in [5.74, 6) is 3.76. The molecule has 3 aromatic rings. The van der Waals surface area contributed by atoms with Crippen molar-refractivity contribution in [3.63, 3.8) is 0 Å². The minimum atomic E-state index is -4.16. The summed E-state index contributed by atoms with van der Waals surface area (Å²) in [6.07, 6.45) is 13.7. The molecule has 0 spiro atoms. The van der Waals surface area contributed by atoms with E-state index >= 15 is 4.39 Å². The molecule has 37 heavy (non-hydrogen) atoms. The highest BCUT2D eigenvalue weighted by atomic mass is 32.2. The highest BCUT2D eigenvalue weighted by Crippen LogP contribution is 2.30. The van der Waals surface area contributed by atoms with E-state index < -0.39 is 33.0 Å². The molecule has 0 saturated carbocycles. The van der Waals surface area contributed by atoms with Crippen LogP contribution in [0, 0.1) is 11.6 Å². The van der Waals surface area contributed by atoms with Gasteiger partial charge >= 0.3 is 0 Å². The highest BCUT2D eigenvalue weighted by Gasteiger charge is 2.23. The summed E-state index contributed by atoms with van der Waals surface area (Å²) in [7, 11) is -4.16. The molecule has 1 saturated heterocycles. The monoisotopic (exact) mass is 532 g/mol. The van der Waals surface area contributed by atoms with Crippen LogP contribution in [0.4, 0.5) is 25.8 Å². The normalized spacial score (nSPS) is 15.5. The van der Waals surface area contributed by atoms with Crippen molar-refractivity contribution in [1.82, 2.24) is 4.98 Å². The Hall–Kier alpha value is -3.64. The summed E-state index contributed by atoms with van der Waals surface area (Å²) in [5, 5.41) is 0.683. The van der Waals surface area contributed by atoms with Crippen LogP contribution in [0.2, 0.25) is 0 Å². The van der Waals surface area contributed by atoms with Gasteiger partial charge in [-0.05, 0) is 37.1 Å². The average molecular weight is 533 g/mol. The third kappa shape index (κ3) is 6.38. The summed E-state index contributed by atoms with van der Waals surface area (Å²) in [5.41, 5.74) is 6.63. The van der Waals surface area contributed by atoms with Crippen molar-refractivity contribution in [2.45, 2.75) is 43.4 Å². The van der Waals surface area contributed by atoms with E-state index in [9.17, 15) is 12.8 Å². The summed E-state index contributed by atoms with van der Waals surface area (Å²) in [6.45, 7) is 1.82. The Morgan fingerprint density at radius 3 is 2.46 bits per heavy atom. The van der Waals surface area contributed by atoms with Crippen molar-refractivity contribution in [3.05, 3.63) is 72.6 Å². The van der Waals surface area contributed by atoms with Gasteiger partial charge in [0.25, 0.3) is 10.0 Å². The van der Waals surface area contributed by atoms with Crippen LogP contribution in [0.15, 0.2) is 64.7 Å². The van der Waals surface area contributed by atoms with Crippen LogP contribution in [-0.2, 0) is 10.0 Å². The van der Waals surface area contributed by atoms with Crippen LogP contribution in [-0.4, -0.2) is 26.5 Å². The number of hydrogen-bond donors (Lipinski definition) is 3. The average Bonchev–Trinajstić information content (AvgIpc) is 3.45. The van der Waals surface area contributed by atoms with Gasteiger partial charge in [-0.2, -0.15) is 0 Å². The first-order valence-electron chi connectivity index (χ1n) is 12.0. The largest absolute Gasteiger partial charge is 0.471 e. The first-order chi connectivity index (χ1) is 17.8. The lowest BCUT2D eigenvalue weighted by atomic mass is 10.1. The minimum Gasteiger partial charge on any atom is -0.471 e. The molecule has 12 heteroatoms. The van der Waals surface area contributed by atoms with Gasteiger partial charge in [-0.15, -0.1) is 0 Å². The van der Waals surface area contributed by atoms with Crippen molar-refractivity contribution >= 4 is 32.8 Å². The number of benzene rings is 1. The van der Waals surface area contributed by atoms with Crippen LogP contribution < -0.4 is 26.2 Å². The maximum absolute atomic E-state index is 15.2. The van der Waals surface area contributed by atoms with E-state index in [1.807, 2.05) is 6.07 Å². The van der Waals surface area contributed by atoms with Crippen molar-refractivity contribution in [2.24, 2.45) is 11.6 Å². The zero-order valence-corrected chi connectivity index (χ0v) is 21.1. The number of hydrogen-bond acceptors (Lipinski definition) is 8. The summed E-state index contributed by atoms with van der Waals surface area (Å²) < 4.78 is 61.6. The number of hydrazine groups is 1. The first kappa shape index (κ1) is 26.4. The van der Waals surface area contributed by atoms with Crippen LogP contribution in [0.1, 0.15) is 44.1 Å². The number of pyridine rings is 1. The molecular formula is C25H30F2N6O3S. The van der Waals surface area contributed by atoms with E-state index in [1.165, 1.54) is 31.7 Å². The van der Waals surface area contributed by atoms with Gasteiger partial charge in [-0.3, -0.25) is 14.7 Å². The molecule has 0 bridgehead atoms. The number of anilines is 3. The molecule has 2 aromatic heterocycles. The maximum Gasteiger partial charge on any atom is 0.265 e. The second-order valence-electron chi connectivity index (χ2n) is 8.85. The number of halogens is 2. The molecule has 0 radical (unpaired) electrons. The van der Waals surface area contributed by atoms with Crippen molar-refractivity contribution in [2.75, 3.05) is 27.7 Å². The van der Waals surface area contributed by atoms with Gasteiger partial charge in [0.15, 0.2) is 11.6 Å². The van der Waals surface area contributed by atoms with E-state index in [-0.39, 0.29) is 10.6 Å². The molecule has 0 aliphatic carbocycles. The SMILES string of the molecule is N/C(=C\N(N)c1c(F)ccc(NS(=O)(=O)c2ccoc2)c1F)c1cncc(N2CCCCCCCC2)c1. The number of sulfonamides is 1. The summed E-state index contributed by atoms with van der Waals surface area (Å²) in [6, 6.07) is 4.93. The fraction of sp³-hybridized carbons (Fsp3) is 0.320. The zero-order chi connectivity index (χ0) is 26.4. The maximum atomic E-state index is 15.2. The molecule has 9 nitrogen and oxygen atoms in total. The molecule has 0 unspecified atom stereocenters. The third-order valence-corrected chi connectivity index (χ3v) is 7.52. The van der Waals surface area contributed by atoms with Crippen LogP contribution >= 0.6 is 0 Å². The van der Waals surface area contributed by atoms with E-state index in [4.69, 9.17) is 16.0 Å². The number of rotatable bonds is 7. The predicted molar refractivity (Wildman–Crippen MR) is 139 cm³/mol. The Bertz CT molecular complexity index is 1340. The molecule has 3 heterocycles. The molecule has 0 amide bonds. The number of aromatic nitrogens is 1. The molecule has 5 N–H and O–H groups in total. The molecule has 1 aliphatic rings. The fourth-order valence-corrected chi connectivity index (χ4v) is 5.18. The number of nitrogens with one attached hydrogen (secondary N) is 1. The predicted octanol–water partition coefficient (Wildman–Crippen LogP) is 4.55. The van der Waals surface area contributed by atoms with E-state index in [0.717, 1.165) is 62.5 Å². The lowest BCUT2D eigenvalue weighted by Gasteiger charge is -2.24. The summed E-state index contributed by atoms with van der Waals surface area (Å²) >= 11 is 0. The third-order valence-electron chi connectivity index (χ3n) is 6.18. The zero-order valence-electron chi connectivity index (χ0n) is 20.2. The second-order valence-corrected chi connectivity index (χ2v) is 10.5. The lowest BCUT2D eigenvalue weighted by Crippen LogP contribution is -2.28. The van der Waals surface area contributed by atoms with E-state index in [1.54, 1.807) is 12.4 Å². The van der Waals surface area contributed by atoms with E-state index in [0.29, 0.717) is 10.6 Å². The molecular weight excluding hydrogens is 502 g/mol. The smallest absolute Gasteiger partial charge is 0.265 e. The van der Waals surface area contributed by atoms with Gasteiger partial charge in [0.05, 0.1) is 29.5 Å². The standard InChI is InChI=1S/C25H30F2N6O3S/c26-21-7-8-23(31-37(34,35)20-9-12-36-17-20)24(27)25(21)33(29)16-22(28)18-13-19(15-30-14-18)32-10-5-3-1-2-4-6-11-32/h7-9,12-17,31H,1-6,10-11,28-29H2/b22-16-. The van der Waals surface area contributed by atoms with Gasteiger partial charge in [-0.1, -0.05) is 25.7 Å². The van der Waals surface area contributed by atoms with Crippen LogP contribution in [0.3, 0.4) is 0 Å². The van der Waals surface area contributed by atoms with Gasteiger partial charge < -0.3 is 15.1 Å². The minimum absolute atomic E-state index is 0.129. The second kappa shape index (κ2) is 11.6. The number of furan rings is 1. The Labute approximate surface area is 214 Å². The Morgan fingerprint density at radius 2 is 1.78 bits per heavy atom. The summed E-state index contributed by atoms with van der Waals surface area (Å²) in [4.78, 5) is 6.35. The van der Waals surface area contributed by atoms with Crippen molar-refractivity contribution in [1.29, 1.82) is 0 Å². The van der Waals surface area contributed by atoms with Gasteiger partial charge in [-0.25, -0.2) is 23.0 Å². The van der Waals surface area contributed by atoms with Crippen molar-refractivity contribution < 1.29 is 21.6 Å². The molecule has 1 aromatic carbocycles. The molecule has 1 aliphatic heterocycles. The van der Waals surface area contributed by atoms with Gasteiger partial charge in [0.1, 0.15) is 16.8 Å². The molecule has 4 rings (SSSR count). The quantitative estimate of drug-likeness (QED) is 0.298. The van der Waals surface area contributed by atoms with Gasteiger partial charge in [0.2, 0.25) is 0 Å². The number of nitrogens with two attached hydrogens (primary N) is 2. The fourth-order valence-electron chi connectivity index (χ4n) is 4.20. The van der Waals surface area contributed by atoms with Gasteiger partial charge in [0, 0.05) is 31.0 Å². The van der Waals surface area contributed by atoms with Crippen LogP contribution in [0.5, 0.6) is 0 Å². The molecule has 198 valence electrons. The molecule has 1 fully saturated rings. The number of nitrogens with zero attached hydrogens (tertiary/aromatic N) is 3. The topological polar surface area (TPSA) is 131 Å². The first-order valence-corrected chi connectivity index (χ1v) is 13.5. The van der Waals surface area contributed by atoms with Crippen LogP contribution in [0.25, 0.3) is 5.70 Å². The lowest BCUT2D eigenvalue weighted by molar-refractivity contribution is 0.556. The Kier molecular flexibility index (Phi) is 8.29.